The van der Waals surface area contributed by atoms with Crippen molar-refractivity contribution in [3.8, 4) is 0 Å². The number of allylic oxidation sites excluding steroid dienone is 4. The number of carbonyl (C=O) groups excluding carboxylic acids is 1. The summed E-state index contributed by atoms with van der Waals surface area (Å²) in [5.74, 6) is 1.93. The van der Waals surface area contributed by atoms with E-state index in [1.165, 1.54) is 12.5 Å². The Bertz CT molecular complexity index is 641. The molecule has 1 N–H and O–H groups in total. The Morgan fingerprint density at radius 3 is 2.75 bits per heavy atom. The number of aliphatic hydroxyl groups is 1. The second-order valence-electron chi connectivity index (χ2n) is 8.63. The van der Waals surface area contributed by atoms with Gasteiger partial charge in [0.25, 0.3) is 0 Å². The molecule has 3 heteroatoms. The van der Waals surface area contributed by atoms with Crippen molar-refractivity contribution in [2.45, 2.75) is 58.2 Å². The zero-order valence-electron chi connectivity index (χ0n) is 14.9. The van der Waals surface area contributed by atoms with Crippen molar-refractivity contribution >= 4 is 5.97 Å². The Hall–Kier alpha value is -1.35. The summed E-state index contributed by atoms with van der Waals surface area (Å²) < 4.78 is 5.32. The van der Waals surface area contributed by atoms with Crippen LogP contribution in [0.15, 0.2) is 36.0 Å². The van der Waals surface area contributed by atoms with Crippen LogP contribution >= 0.6 is 0 Å². The molecule has 2 fully saturated rings. The van der Waals surface area contributed by atoms with Crippen LogP contribution in [0.3, 0.4) is 0 Å². The highest BCUT2D eigenvalue weighted by atomic mass is 16.5. The molecular formula is C21H28O3. The SMILES string of the molecule is CC(=O)OC1C=C[C@H]2C(=C1)C=C[C@@H]1[C@@H]2CC[C@@]2(C)[C@H]1CC[C@]2(C)O. The highest BCUT2D eigenvalue weighted by Crippen LogP contribution is 2.63. The van der Waals surface area contributed by atoms with Crippen LogP contribution in [0.4, 0.5) is 0 Å². The lowest BCUT2D eigenvalue weighted by atomic mass is 9.53. The molecule has 0 amide bonds. The van der Waals surface area contributed by atoms with Crippen LogP contribution < -0.4 is 0 Å². The van der Waals surface area contributed by atoms with Crippen molar-refractivity contribution in [1.82, 2.24) is 0 Å². The summed E-state index contributed by atoms with van der Waals surface area (Å²) in [6.45, 7) is 5.79. The fourth-order valence-electron chi connectivity index (χ4n) is 5.91. The summed E-state index contributed by atoms with van der Waals surface area (Å²) >= 11 is 0. The van der Waals surface area contributed by atoms with E-state index in [0.29, 0.717) is 23.7 Å². The molecule has 0 bridgehead atoms. The Kier molecular flexibility index (Phi) is 3.58. The quantitative estimate of drug-likeness (QED) is 0.588. The van der Waals surface area contributed by atoms with Gasteiger partial charge in [-0.2, -0.15) is 0 Å². The molecule has 4 aliphatic rings. The van der Waals surface area contributed by atoms with Crippen LogP contribution in [0.25, 0.3) is 0 Å². The number of hydrogen-bond acceptors (Lipinski definition) is 3. The lowest BCUT2D eigenvalue weighted by molar-refractivity contribution is -0.142. The Labute approximate surface area is 144 Å². The van der Waals surface area contributed by atoms with Gasteiger partial charge >= 0.3 is 5.97 Å². The highest BCUT2D eigenvalue weighted by Gasteiger charge is 2.59. The van der Waals surface area contributed by atoms with Crippen molar-refractivity contribution in [1.29, 1.82) is 0 Å². The van der Waals surface area contributed by atoms with E-state index in [-0.39, 0.29) is 17.5 Å². The predicted molar refractivity (Wildman–Crippen MR) is 93.1 cm³/mol. The number of rotatable bonds is 1. The standard InChI is InChI=1S/C21H28O3/c1-13(22)24-15-5-7-16-14(12-15)4-6-18-17(16)8-10-20(2)19(18)9-11-21(20,3)23/h4-7,12,15-19,23H,8-11H2,1-3H3/t15?,16-,17+,18+,19-,20-,21-/m0/s1. The Morgan fingerprint density at radius 1 is 1.21 bits per heavy atom. The summed E-state index contributed by atoms with van der Waals surface area (Å²) in [4.78, 5) is 11.2. The third-order valence-corrected chi connectivity index (χ3v) is 7.47. The van der Waals surface area contributed by atoms with Crippen LogP contribution in [0.1, 0.15) is 46.5 Å². The number of fused-ring (bicyclic) bond motifs is 5. The van der Waals surface area contributed by atoms with Gasteiger partial charge in [0.2, 0.25) is 0 Å². The predicted octanol–water partition coefficient (Wildman–Crippen LogP) is 3.79. The maximum atomic E-state index is 11.2. The Morgan fingerprint density at radius 2 is 2.00 bits per heavy atom. The molecule has 4 rings (SSSR count). The van der Waals surface area contributed by atoms with Gasteiger partial charge in [-0.3, -0.25) is 4.79 Å². The summed E-state index contributed by atoms with van der Waals surface area (Å²) in [5, 5.41) is 10.9. The minimum atomic E-state index is -0.532. The fourth-order valence-corrected chi connectivity index (χ4v) is 5.91. The second-order valence-corrected chi connectivity index (χ2v) is 8.63. The lowest BCUT2D eigenvalue weighted by Gasteiger charge is -2.53. The topological polar surface area (TPSA) is 46.5 Å². The van der Waals surface area contributed by atoms with Gasteiger partial charge in [0, 0.05) is 12.8 Å². The molecular weight excluding hydrogens is 300 g/mol. The van der Waals surface area contributed by atoms with Gasteiger partial charge in [0.15, 0.2) is 0 Å². The molecule has 24 heavy (non-hydrogen) atoms. The van der Waals surface area contributed by atoms with Gasteiger partial charge < -0.3 is 9.84 Å². The van der Waals surface area contributed by atoms with Gasteiger partial charge in [0.1, 0.15) is 6.10 Å². The first-order chi connectivity index (χ1) is 11.3. The molecule has 0 aromatic rings. The summed E-state index contributed by atoms with van der Waals surface area (Å²) in [6, 6.07) is 0. The highest BCUT2D eigenvalue weighted by molar-refractivity contribution is 5.66. The van der Waals surface area contributed by atoms with E-state index >= 15 is 0 Å². The van der Waals surface area contributed by atoms with Crippen LogP contribution in [0, 0.1) is 29.1 Å². The van der Waals surface area contributed by atoms with E-state index in [1.54, 1.807) is 0 Å². The maximum Gasteiger partial charge on any atom is 0.303 e. The molecule has 0 radical (unpaired) electrons. The van der Waals surface area contributed by atoms with Gasteiger partial charge in [-0.25, -0.2) is 0 Å². The average Bonchev–Trinajstić information content (AvgIpc) is 2.76. The van der Waals surface area contributed by atoms with E-state index in [0.717, 1.165) is 25.7 Å². The van der Waals surface area contributed by atoms with Crippen molar-refractivity contribution in [2.24, 2.45) is 29.1 Å². The number of hydrogen-bond donors (Lipinski definition) is 1. The monoisotopic (exact) mass is 328 g/mol. The summed E-state index contributed by atoms with van der Waals surface area (Å²) in [6.07, 6.45) is 15.1. The zero-order chi connectivity index (χ0) is 17.1. The molecule has 0 spiro atoms. The first-order valence-corrected chi connectivity index (χ1v) is 9.30. The molecule has 7 atom stereocenters. The molecule has 130 valence electrons. The number of carbonyl (C=O) groups is 1. The van der Waals surface area contributed by atoms with E-state index < -0.39 is 5.60 Å². The first kappa shape index (κ1) is 16.1. The third-order valence-electron chi connectivity index (χ3n) is 7.47. The van der Waals surface area contributed by atoms with Crippen molar-refractivity contribution in [3.63, 3.8) is 0 Å². The Balaban J connectivity index is 1.62. The normalized spacial score (nSPS) is 49.0. The molecule has 2 saturated carbocycles. The van der Waals surface area contributed by atoms with Crippen molar-refractivity contribution in [3.05, 3.63) is 36.0 Å². The van der Waals surface area contributed by atoms with Crippen LogP contribution in [0.2, 0.25) is 0 Å². The van der Waals surface area contributed by atoms with Gasteiger partial charge in [0.05, 0.1) is 5.60 Å². The van der Waals surface area contributed by atoms with Crippen LogP contribution in [0.5, 0.6) is 0 Å². The fraction of sp³-hybridized carbons (Fsp3) is 0.667. The van der Waals surface area contributed by atoms with Crippen molar-refractivity contribution < 1.29 is 14.6 Å². The molecule has 0 aromatic carbocycles. The molecule has 1 unspecified atom stereocenters. The third kappa shape index (κ3) is 2.24. The molecule has 3 nitrogen and oxygen atoms in total. The largest absolute Gasteiger partial charge is 0.454 e. The first-order valence-electron chi connectivity index (χ1n) is 9.30. The molecule has 0 aliphatic heterocycles. The van der Waals surface area contributed by atoms with E-state index in [1.807, 2.05) is 13.0 Å². The molecule has 4 aliphatic carbocycles. The van der Waals surface area contributed by atoms with E-state index in [9.17, 15) is 9.90 Å². The van der Waals surface area contributed by atoms with E-state index in [4.69, 9.17) is 4.74 Å². The number of ether oxygens (including phenoxy) is 1. The van der Waals surface area contributed by atoms with Gasteiger partial charge in [-0.1, -0.05) is 25.2 Å². The van der Waals surface area contributed by atoms with Gasteiger partial charge in [-0.15, -0.1) is 0 Å². The molecule has 0 saturated heterocycles. The smallest absolute Gasteiger partial charge is 0.303 e. The summed E-state index contributed by atoms with van der Waals surface area (Å²) in [5.41, 5.74) is 0.798. The second kappa shape index (κ2) is 5.32. The lowest BCUT2D eigenvalue weighted by Crippen LogP contribution is -2.50. The van der Waals surface area contributed by atoms with Crippen LogP contribution in [-0.4, -0.2) is 22.8 Å². The minimum Gasteiger partial charge on any atom is -0.454 e. The summed E-state index contributed by atoms with van der Waals surface area (Å²) in [7, 11) is 0. The molecule has 0 aromatic heterocycles. The average molecular weight is 328 g/mol. The minimum absolute atomic E-state index is 0.0401. The molecule has 0 heterocycles. The maximum absolute atomic E-state index is 11.2. The number of esters is 1. The van der Waals surface area contributed by atoms with Crippen molar-refractivity contribution in [2.75, 3.05) is 0 Å². The van der Waals surface area contributed by atoms with Crippen LogP contribution in [-0.2, 0) is 9.53 Å². The van der Waals surface area contributed by atoms with E-state index in [2.05, 4.69) is 31.2 Å². The zero-order valence-corrected chi connectivity index (χ0v) is 14.9. The van der Waals surface area contributed by atoms with Gasteiger partial charge in [-0.05, 0) is 73.5 Å².